The van der Waals surface area contributed by atoms with E-state index in [1.165, 1.54) is 12.8 Å². The molecule has 1 fully saturated rings. The fraction of sp³-hybridized carbons (Fsp3) is 0.353. The van der Waals surface area contributed by atoms with E-state index >= 15 is 0 Å². The smallest absolute Gasteiger partial charge is 0.251 e. The molecule has 3 rings (SSSR count). The zero-order valence-corrected chi connectivity index (χ0v) is 14.0. The number of hydrogen-bond donors (Lipinski definition) is 1. The Morgan fingerprint density at radius 3 is 2.62 bits per heavy atom. The Bertz CT molecular complexity index is 682. The molecule has 1 saturated carbocycles. The van der Waals surface area contributed by atoms with E-state index in [0.717, 1.165) is 28.2 Å². The molecule has 0 heterocycles. The molecule has 0 unspecified atom stereocenters. The first-order valence-corrected chi connectivity index (χ1v) is 8.48. The van der Waals surface area contributed by atoms with Gasteiger partial charge in [0, 0.05) is 22.5 Å². The van der Waals surface area contributed by atoms with Gasteiger partial charge in [0.05, 0.1) is 0 Å². The van der Waals surface area contributed by atoms with Crippen molar-refractivity contribution in [1.29, 1.82) is 0 Å². The van der Waals surface area contributed by atoms with Crippen molar-refractivity contribution >= 4 is 44.2 Å². The van der Waals surface area contributed by atoms with Gasteiger partial charge in [0.2, 0.25) is 0 Å². The minimum atomic E-state index is 0.000617. The van der Waals surface area contributed by atoms with Gasteiger partial charge >= 0.3 is 0 Å². The molecule has 2 aromatic carbocycles. The molecule has 1 amide bonds. The monoisotopic (exact) mass is 365 g/mol. The van der Waals surface area contributed by atoms with Crippen molar-refractivity contribution in [2.24, 2.45) is 5.41 Å². The summed E-state index contributed by atoms with van der Waals surface area (Å²) in [6.45, 7) is 0.733. The van der Waals surface area contributed by atoms with Gasteiger partial charge in [-0.15, -0.1) is 11.6 Å². The van der Waals surface area contributed by atoms with E-state index in [2.05, 4.69) is 27.3 Å². The van der Waals surface area contributed by atoms with Gasteiger partial charge in [0.1, 0.15) is 0 Å². The molecule has 0 bridgehead atoms. The molecule has 110 valence electrons. The number of carbonyl (C=O) groups is 1. The van der Waals surface area contributed by atoms with Crippen LogP contribution >= 0.6 is 27.5 Å². The Morgan fingerprint density at radius 2 is 1.90 bits per heavy atom. The van der Waals surface area contributed by atoms with Crippen molar-refractivity contribution in [3.63, 3.8) is 0 Å². The Kier molecular flexibility index (Phi) is 4.23. The number of benzene rings is 2. The zero-order chi connectivity index (χ0) is 14.9. The lowest BCUT2D eigenvalue weighted by atomic mass is 10.0. The average Bonchev–Trinajstić information content (AvgIpc) is 3.25. The number of carbonyl (C=O) groups excluding carboxylic acids is 1. The molecule has 0 spiro atoms. The third kappa shape index (κ3) is 3.41. The van der Waals surface area contributed by atoms with Crippen molar-refractivity contribution in [1.82, 2.24) is 5.32 Å². The summed E-state index contributed by atoms with van der Waals surface area (Å²) in [7, 11) is 0. The van der Waals surface area contributed by atoms with Crippen molar-refractivity contribution in [2.45, 2.75) is 19.3 Å². The molecule has 2 aromatic rings. The predicted molar refractivity (Wildman–Crippen MR) is 91.0 cm³/mol. The maximum Gasteiger partial charge on any atom is 0.251 e. The predicted octanol–water partition coefficient (Wildman–Crippen LogP) is 4.74. The molecule has 21 heavy (non-hydrogen) atoms. The highest BCUT2D eigenvalue weighted by molar-refractivity contribution is 9.10. The summed E-state index contributed by atoms with van der Waals surface area (Å²) < 4.78 is 1.05. The molecule has 0 aromatic heterocycles. The summed E-state index contributed by atoms with van der Waals surface area (Å²) in [5, 5.41) is 5.26. The Labute approximate surface area is 138 Å². The van der Waals surface area contributed by atoms with Gasteiger partial charge in [0.15, 0.2) is 0 Å². The molecular formula is C17H17BrClNO. The summed E-state index contributed by atoms with van der Waals surface area (Å²) >= 11 is 9.28. The minimum Gasteiger partial charge on any atom is -0.351 e. The fourth-order valence-corrected chi connectivity index (χ4v) is 3.40. The van der Waals surface area contributed by atoms with Crippen LogP contribution in [-0.2, 0) is 0 Å². The molecule has 1 N–H and O–H groups in total. The van der Waals surface area contributed by atoms with Crippen LogP contribution in [0, 0.1) is 5.41 Å². The van der Waals surface area contributed by atoms with Gasteiger partial charge in [0.25, 0.3) is 5.91 Å². The molecule has 0 radical (unpaired) electrons. The second-order valence-electron chi connectivity index (χ2n) is 5.83. The summed E-state index contributed by atoms with van der Waals surface area (Å²) in [6.07, 6.45) is 3.33. The molecular weight excluding hydrogens is 350 g/mol. The molecule has 1 aliphatic rings. The maximum atomic E-state index is 12.3. The highest BCUT2D eigenvalue weighted by Gasteiger charge is 2.41. The summed E-state index contributed by atoms with van der Waals surface area (Å²) in [5.41, 5.74) is 0.977. The number of alkyl halides is 1. The van der Waals surface area contributed by atoms with Gasteiger partial charge in [-0.05, 0) is 59.7 Å². The first kappa shape index (κ1) is 14.9. The molecule has 4 heteroatoms. The van der Waals surface area contributed by atoms with Gasteiger partial charge < -0.3 is 5.32 Å². The van der Waals surface area contributed by atoms with Crippen molar-refractivity contribution in [3.8, 4) is 0 Å². The van der Waals surface area contributed by atoms with Crippen LogP contribution in [0.5, 0.6) is 0 Å². The van der Waals surface area contributed by atoms with Crippen LogP contribution < -0.4 is 5.32 Å². The number of amides is 1. The normalized spacial score (nSPS) is 15.9. The largest absolute Gasteiger partial charge is 0.351 e. The number of nitrogens with one attached hydrogen (secondary N) is 1. The first-order valence-electron chi connectivity index (χ1n) is 7.15. The van der Waals surface area contributed by atoms with E-state index in [1.807, 2.05) is 30.3 Å². The average molecular weight is 367 g/mol. The Morgan fingerprint density at radius 1 is 1.19 bits per heavy atom. The second kappa shape index (κ2) is 5.98. The van der Waals surface area contributed by atoms with Crippen LogP contribution in [0.2, 0.25) is 0 Å². The van der Waals surface area contributed by atoms with E-state index in [4.69, 9.17) is 11.6 Å². The standard InChI is InChI=1S/C17H17BrClNO/c18-15-4-3-12-9-14(2-1-13(12)10-15)16(21)20-11-17(5-6-17)7-8-19/h1-4,9-10H,5-8,11H2,(H,20,21). The Balaban J connectivity index is 1.71. The number of halogens is 2. The quantitative estimate of drug-likeness (QED) is 0.761. The lowest BCUT2D eigenvalue weighted by Gasteiger charge is -2.14. The summed E-state index contributed by atoms with van der Waals surface area (Å²) in [5.74, 6) is 0.668. The third-order valence-electron chi connectivity index (χ3n) is 4.27. The Hall–Kier alpha value is -1.06. The fourth-order valence-electron chi connectivity index (χ4n) is 2.62. The second-order valence-corrected chi connectivity index (χ2v) is 7.12. The van der Waals surface area contributed by atoms with Crippen molar-refractivity contribution in [3.05, 3.63) is 46.4 Å². The van der Waals surface area contributed by atoms with Crippen LogP contribution in [-0.4, -0.2) is 18.3 Å². The van der Waals surface area contributed by atoms with E-state index < -0.39 is 0 Å². The highest BCUT2D eigenvalue weighted by Crippen LogP contribution is 2.48. The highest BCUT2D eigenvalue weighted by atomic mass is 79.9. The van der Waals surface area contributed by atoms with Crippen molar-refractivity contribution < 1.29 is 4.79 Å². The number of rotatable bonds is 5. The lowest BCUT2D eigenvalue weighted by molar-refractivity contribution is 0.0944. The lowest BCUT2D eigenvalue weighted by Crippen LogP contribution is -2.30. The van der Waals surface area contributed by atoms with Crippen LogP contribution in [0.25, 0.3) is 10.8 Å². The zero-order valence-electron chi connectivity index (χ0n) is 11.7. The minimum absolute atomic E-state index is 0.000617. The van der Waals surface area contributed by atoms with E-state index in [0.29, 0.717) is 11.4 Å². The molecule has 0 aliphatic heterocycles. The van der Waals surface area contributed by atoms with E-state index in [1.54, 1.807) is 0 Å². The third-order valence-corrected chi connectivity index (χ3v) is 4.95. The van der Waals surface area contributed by atoms with Crippen molar-refractivity contribution in [2.75, 3.05) is 12.4 Å². The van der Waals surface area contributed by atoms with E-state index in [-0.39, 0.29) is 11.3 Å². The topological polar surface area (TPSA) is 29.1 Å². The van der Waals surface area contributed by atoms with Gasteiger partial charge in [-0.3, -0.25) is 4.79 Å². The van der Waals surface area contributed by atoms with Crippen LogP contribution in [0.4, 0.5) is 0 Å². The van der Waals surface area contributed by atoms with E-state index in [9.17, 15) is 4.79 Å². The number of fused-ring (bicyclic) bond motifs is 1. The molecule has 0 saturated heterocycles. The number of hydrogen-bond acceptors (Lipinski definition) is 1. The maximum absolute atomic E-state index is 12.3. The summed E-state index contributed by atoms with van der Waals surface area (Å²) in [6, 6.07) is 11.9. The summed E-state index contributed by atoms with van der Waals surface area (Å²) in [4.78, 5) is 12.3. The van der Waals surface area contributed by atoms with Gasteiger partial charge in [-0.2, -0.15) is 0 Å². The molecule has 2 nitrogen and oxygen atoms in total. The van der Waals surface area contributed by atoms with Crippen LogP contribution in [0.3, 0.4) is 0 Å². The molecule has 0 atom stereocenters. The van der Waals surface area contributed by atoms with Gasteiger partial charge in [-0.25, -0.2) is 0 Å². The first-order chi connectivity index (χ1) is 10.1. The van der Waals surface area contributed by atoms with Gasteiger partial charge in [-0.1, -0.05) is 28.1 Å². The SMILES string of the molecule is O=C(NCC1(CCCl)CC1)c1ccc2cc(Br)ccc2c1. The van der Waals surface area contributed by atoms with Crippen LogP contribution in [0.15, 0.2) is 40.9 Å². The molecule has 1 aliphatic carbocycles. The van der Waals surface area contributed by atoms with Crippen LogP contribution in [0.1, 0.15) is 29.6 Å².